The molecule has 7 nitrogen and oxygen atoms in total. The van der Waals surface area contributed by atoms with E-state index in [4.69, 9.17) is 4.74 Å². The number of piperidine rings is 1. The summed E-state index contributed by atoms with van der Waals surface area (Å²) in [4.78, 5) is 18.2. The summed E-state index contributed by atoms with van der Waals surface area (Å²) >= 11 is 0. The minimum Gasteiger partial charge on any atom is -0.385 e. The number of hydrogen-bond acceptors (Lipinski definition) is 5. The fourth-order valence-corrected chi connectivity index (χ4v) is 4.29. The van der Waals surface area contributed by atoms with Crippen LogP contribution in [-0.2, 0) is 19.6 Å². The van der Waals surface area contributed by atoms with Crippen LogP contribution in [0.1, 0.15) is 19.3 Å². The molecule has 0 atom stereocenters. The topological polar surface area (TPSA) is 79.8 Å². The second kappa shape index (κ2) is 8.55. The number of rotatable bonds is 7. The predicted octanol–water partition coefficient (Wildman–Crippen LogP) is 0.977. The van der Waals surface area contributed by atoms with Crippen LogP contribution in [0.15, 0.2) is 29.4 Å². The molecule has 0 bridgehead atoms. The highest BCUT2D eigenvalue weighted by molar-refractivity contribution is 7.89. The Morgan fingerprint density at radius 3 is 2.71 bits per heavy atom. The molecule has 24 heavy (non-hydrogen) atoms. The first-order valence-electron chi connectivity index (χ1n) is 8.11. The lowest BCUT2D eigenvalue weighted by atomic mass is 9.96. The van der Waals surface area contributed by atoms with Gasteiger partial charge in [-0.05, 0) is 31.4 Å². The number of carbonyl (C=O) groups is 1. The molecule has 134 valence electrons. The highest BCUT2D eigenvalue weighted by Gasteiger charge is 2.33. The van der Waals surface area contributed by atoms with Gasteiger partial charge in [0.1, 0.15) is 4.90 Å². The number of aromatic nitrogens is 1. The SMILES string of the molecule is COCCCN(C)C(=O)C1CCN(S(=O)(=O)c2cccnc2)CC1. The third-order valence-corrected chi connectivity index (χ3v) is 6.18. The molecule has 1 aromatic rings. The number of ether oxygens (including phenoxy) is 1. The normalized spacial score (nSPS) is 16.9. The molecule has 0 unspecified atom stereocenters. The summed E-state index contributed by atoms with van der Waals surface area (Å²) in [6, 6.07) is 3.15. The lowest BCUT2D eigenvalue weighted by Gasteiger charge is -2.32. The molecule has 0 aliphatic carbocycles. The summed E-state index contributed by atoms with van der Waals surface area (Å²) in [5.41, 5.74) is 0. The van der Waals surface area contributed by atoms with Crippen molar-refractivity contribution in [2.45, 2.75) is 24.2 Å². The molecule has 1 aliphatic heterocycles. The zero-order chi connectivity index (χ0) is 17.6. The van der Waals surface area contributed by atoms with Gasteiger partial charge in [0.2, 0.25) is 15.9 Å². The Morgan fingerprint density at radius 2 is 2.12 bits per heavy atom. The van der Waals surface area contributed by atoms with Crippen LogP contribution < -0.4 is 0 Å². The summed E-state index contributed by atoms with van der Waals surface area (Å²) in [7, 11) is -0.0920. The molecular weight excluding hydrogens is 330 g/mol. The third-order valence-electron chi connectivity index (χ3n) is 4.29. The lowest BCUT2D eigenvalue weighted by Crippen LogP contribution is -2.43. The first kappa shape index (κ1) is 18.8. The molecule has 0 spiro atoms. The Morgan fingerprint density at radius 1 is 1.42 bits per heavy atom. The summed E-state index contributed by atoms with van der Waals surface area (Å²) in [5.74, 6) is -0.0255. The summed E-state index contributed by atoms with van der Waals surface area (Å²) in [6.07, 6.45) is 4.80. The molecule has 2 rings (SSSR count). The molecule has 8 heteroatoms. The van der Waals surface area contributed by atoms with Crippen LogP contribution in [0, 0.1) is 5.92 Å². The van der Waals surface area contributed by atoms with Crippen molar-refractivity contribution in [2.24, 2.45) is 5.92 Å². The van der Waals surface area contributed by atoms with Crippen LogP contribution >= 0.6 is 0 Å². The first-order chi connectivity index (χ1) is 11.5. The van der Waals surface area contributed by atoms with E-state index in [2.05, 4.69) is 4.98 Å². The van der Waals surface area contributed by atoms with Gasteiger partial charge >= 0.3 is 0 Å². The second-order valence-electron chi connectivity index (χ2n) is 5.97. The van der Waals surface area contributed by atoms with Crippen LogP contribution in [0.3, 0.4) is 0 Å². The minimum atomic E-state index is -3.52. The predicted molar refractivity (Wildman–Crippen MR) is 89.8 cm³/mol. The van der Waals surface area contributed by atoms with Gasteiger partial charge < -0.3 is 9.64 Å². The Bertz CT molecular complexity index is 628. The van der Waals surface area contributed by atoms with Crippen LogP contribution in [0.4, 0.5) is 0 Å². The highest BCUT2D eigenvalue weighted by atomic mass is 32.2. The van der Waals surface area contributed by atoms with E-state index < -0.39 is 10.0 Å². The standard InChI is InChI=1S/C16H25N3O4S/c1-18(9-4-12-23-2)16(20)14-6-10-19(11-7-14)24(21,22)15-5-3-8-17-13-15/h3,5,8,13-14H,4,6-7,9-12H2,1-2H3. The highest BCUT2D eigenvalue weighted by Crippen LogP contribution is 2.24. The van der Waals surface area contributed by atoms with E-state index >= 15 is 0 Å². The lowest BCUT2D eigenvalue weighted by molar-refractivity contribution is -0.135. The van der Waals surface area contributed by atoms with Crippen molar-refractivity contribution in [3.8, 4) is 0 Å². The molecule has 1 amide bonds. The molecule has 1 aliphatic rings. The van der Waals surface area contributed by atoms with Crippen molar-refractivity contribution in [1.82, 2.24) is 14.2 Å². The molecule has 1 fully saturated rings. The van der Waals surface area contributed by atoms with Gasteiger partial charge in [-0.25, -0.2) is 8.42 Å². The second-order valence-corrected chi connectivity index (χ2v) is 7.91. The zero-order valence-corrected chi connectivity index (χ0v) is 15.0. The number of carbonyl (C=O) groups excluding carboxylic acids is 1. The van der Waals surface area contributed by atoms with Crippen molar-refractivity contribution in [3.05, 3.63) is 24.5 Å². The van der Waals surface area contributed by atoms with Gasteiger partial charge in [0.25, 0.3) is 0 Å². The molecule has 0 saturated carbocycles. The van der Waals surface area contributed by atoms with Crippen molar-refractivity contribution in [3.63, 3.8) is 0 Å². The summed E-state index contributed by atoms with van der Waals surface area (Å²) in [6.45, 7) is 2.00. The Balaban J connectivity index is 1.90. The maximum atomic E-state index is 12.5. The maximum Gasteiger partial charge on any atom is 0.244 e. The molecule has 0 radical (unpaired) electrons. The van der Waals surface area contributed by atoms with Crippen molar-refractivity contribution >= 4 is 15.9 Å². The summed E-state index contributed by atoms with van der Waals surface area (Å²) in [5, 5.41) is 0. The van der Waals surface area contributed by atoms with E-state index in [1.807, 2.05) is 0 Å². The fraction of sp³-hybridized carbons (Fsp3) is 0.625. The Labute approximate surface area is 143 Å². The average Bonchev–Trinajstić information content (AvgIpc) is 2.62. The van der Waals surface area contributed by atoms with Gasteiger partial charge in [-0.15, -0.1) is 0 Å². The van der Waals surface area contributed by atoms with Gasteiger partial charge in [0, 0.05) is 58.7 Å². The number of sulfonamides is 1. The van der Waals surface area contributed by atoms with Gasteiger partial charge in [-0.1, -0.05) is 0 Å². The van der Waals surface area contributed by atoms with Crippen LogP contribution in [0.5, 0.6) is 0 Å². The number of pyridine rings is 1. The fourth-order valence-electron chi connectivity index (χ4n) is 2.86. The van der Waals surface area contributed by atoms with Crippen LogP contribution in [0.2, 0.25) is 0 Å². The monoisotopic (exact) mass is 355 g/mol. The number of hydrogen-bond donors (Lipinski definition) is 0. The average molecular weight is 355 g/mol. The quantitative estimate of drug-likeness (QED) is 0.681. The largest absolute Gasteiger partial charge is 0.385 e. The van der Waals surface area contributed by atoms with Gasteiger partial charge in [0.15, 0.2) is 0 Å². The molecular formula is C16H25N3O4S. The van der Waals surface area contributed by atoms with Gasteiger partial charge in [0.05, 0.1) is 0 Å². The van der Waals surface area contributed by atoms with E-state index in [0.29, 0.717) is 39.1 Å². The first-order valence-corrected chi connectivity index (χ1v) is 9.55. The van der Waals surface area contributed by atoms with Gasteiger partial charge in [-0.3, -0.25) is 9.78 Å². The van der Waals surface area contributed by atoms with Gasteiger partial charge in [-0.2, -0.15) is 4.31 Å². The van der Waals surface area contributed by atoms with E-state index in [1.54, 1.807) is 37.4 Å². The molecule has 1 aromatic heterocycles. The van der Waals surface area contributed by atoms with Crippen molar-refractivity contribution < 1.29 is 17.9 Å². The maximum absolute atomic E-state index is 12.5. The van der Waals surface area contributed by atoms with E-state index in [0.717, 1.165) is 6.42 Å². The van der Waals surface area contributed by atoms with Crippen LogP contribution in [0.25, 0.3) is 0 Å². The molecule has 1 saturated heterocycles. The minimum absolute atomic E-state index is 0.0875. The third kappa shape index (κ3) is 4.52. The van der Waals surface area contributed by atoms with Crippen molar-refractivity contribution in [1.29, 1.82) is 0 Å². The zero-order valence-electron chi connectivity index (χ0n) is 14.2. The number of amides is 1. The Hall–Kier alpha value is -1.51. The smallest absolute Gasteiger partial charge is 0.244 e. The number of methoxy groups -OCH3 is 1. The van der Waals surface area contributed by atoms with E-state index in [-0.39, 0.29) is 16.7 Å². The van der Waals surface area contributed by atoms with E-state index in [9.17, 15) is 13.2 Å². The Kier molecular flexibility index (Phi) is 6.70. The van der Waals surface area contributed by atoms with Crippen molar-refractivity contribution in [2.75, 3.05) is 40.4 Å². The van der Waals surface area contributed by atoms with E-state index in [1.165, 1.54) is 10.5 Å². The molecule has 2 heterocycles. The summed E-state index contributed by atoms with van der Waals surface area (Å²) < 4.78 is 31.5. The molecule has 0 N–H and O–H groups in total. The molecule has 0 aromatic carbocycles. The van der Waals surface area contributed by atoms with Crippen LogP contribution in [-0.4, -0.2) is 68.9 Å². The number of nitrogens with zero attached hydrogens (tertiary/aromatic N) is 3.